The highest BCUT2D eigenvalue weighted by molar-refractivity contribution is 6.02. The van der Waals surface area contributed by atoms with Crippen LogP contribution in [0.1, 0.15) is 27.4 Å². The van der Waals surface area contributed by atoms with Crippen molar-refractivity contribution >= 4 is 28.7 Å². The first-order chi connectivity index (χ1) is 15.6. The average Bonchev–Trinajstić information content (AvgIpc) is 3.22. The molecule has 0 atom stereocenters. The number of amides is 1. The Hall–Kier alpha value is -4.81. The van der Waals surface area contributed by atoms with Crippen LogP contribution in [0.15, 0.2) is 46.9 Å². The van der Waals surface area contributed by atoms with Gasteiger partial charge in [-0.05, 0) is 38.1 Å². The molecule has 0 aliphatic carbocycles. The van der Waals surface area contributed by atoms with Gasteiger partial charge in [-0.3, -0.25) is 35.1 Å². The van der Waals surface area contributed by atoms with Crippen molar-refractivity contribution in [2.24, 2.45) is 0 Å². The third-order valence-electron chi connectivity index (χ3n) is 4.64. The Kier molecular flexibility index (Phi) is 6.33. The molecule has 0 unspecified atom stereocenters. The van der Waals surface area contributed by atoms with E-state index < -0.39 is 32.1 Å². The van der Waals surface area contributed by atoms with Gasteiger partial charge in [0.1, 0.15) is 23.7 Å². The number of nitrogens with zero attached hydrogens (tertiary/aromatic N) is 3. The lowest BCUT2D eigenvalue weighted by Gasteiger charge is -2.06. The van der Waals surface area contributed by atoms with Crippen LogP contribution in [0.5, 0.6) is 5.75 Å². The topological polar surface area (TPSA) is 181 Å². The number of furan rings is 1. The molecular formula is C20H16N4O9. The second kappa shape index (κ2) is 9.13. The van der Waals surface area contributed by atoms with Crippen LogP contribution in [0.2, 0.25) is 0 Å². The van der Waals surface area contributed by atoms with Crippen molar-refractivity contribution in [3.05, 3.63) is 95.5 Å². The van der Waals surface area contributed by atoms with E-state index in [1.54, 1.807) is 6.92 Å². The lowest BCUT2D eigenvalue weighted by molar-refractivity contribution is -0.395. The van der Waals surface area contributed by atoms with Gasteiger partial charge in [-0.25, -0.2) is 0 Å². The standard InChI is InChI=1S/C20H16N4O9/c1-11-7-14(3-5-16(11)22(26)27)32-10-15-4-6-19(33-15)20(25)21-13-8-17(23(28)29)12(2)18(9-13)24(30)31/h3-9H,10H2,1-2H3,(H,21,25). The number of carbonyl (C=O) groups is 1. The van der Waals surface area contributed by atoms with E-state index in [-0.39, 0.29) is 35.1 Å². The minimum atomic E-state index is -0.778. The molecule has 0 bridgehead atoms. The molecule has 1 N–H and O–H groups in total. The fourth-order valence-corrected chi connectivity index (χ4v) is 2.98. The summed E-state index contributed by atoms with van der Waals surface area (Å²) >= 11 is 0. The first-order valence-corrected chi connectivity index (χ1v) is 9.28. The maximum atomic E-state index is 12.4. The number of aryl methyl sites for hydroxylation is 1. The van der Waals surface area contributed by atoms with Gasteiger partial charge in [-0.1, -0.05) is 0 Å². The molecule has 1 aromatic heterocycles. The summed E-state index contributed by atoms with van der Waals surface area (Å²) in [6.45, 7) is 2.74. The Morgan fingerprint density at radius 2 is 1.52 bits per heavy atom. The fraction of sp³-hybridized carbons (Fsp3) is 0.150. The summed E-state index contributed by atoms with van der Waals surface area (Å²) in [5.74, 6) is -0.309. The molecule has 3 aromatic rings. The van der Waals surface area contributed by atoms with E-state index in [2.05, 4.69) is 5.32 Å². The molecule has 0 radical (unpaired) electrons. The number of hydrogen-bond donors (Lipinski definition) is 1. The van der Waals surface area contributed by atoms with Crippen LogP contribution in [0, 0.1) is 44.2 Å². The molecule has 0 saturated carbocycles. The average molecular weight is 456 g/mol. The number of anilines is 1. The number of carbonyl (C=O) groups excluding carboxylic acids is 1. The van der Waals surface area contributed by atoms with E-state index in [1.165, 1.54) is 37.3 Å². The van der Waals surface area contributed by atoms with Gasteiger partial charge in [0.15, 0.2) is 5.76 Å². The van der Waals surface area contributed by atoms with Crippen LogP contribution in [-0.4, -0.2) is 20.7 Å². The summed E-state index contributed by atoms with van der Waals surface area (Å²) in [5, 5.41) is 35.6. The third-order valence-corrected chi connectivity index (χ3v) is 4.64. The minimum Gasteiger partial charge on any atom is -0.486 e. The quantitative estimate of drug-likeness (QED) is 0.378. The molecule has 0 aliphatic heterocycles. The number of benzene rings is 2. The van der Waals surface area contributed by atoms with Crippen LogP contribution in [0.4, 0.5) is 22.7 Å². The molecule has 1 amide bonds. The molecule has 0 fully saturated rings. The zero-order valence-electron chi connectivity index (χ0n) is 17.3. The molecule has 0 saturated heterocycles. The van der Waals surface area contributed by atoms with E-state index >= 15 is 0 Å². The van der Waals surface area contributed by atoms with Crippen molar-refractivity contribution in [2.75, 3.05) is 5.32 Å². The van der Waals surface area contributed by atoms with E-state index in [0.717, 1.165) is 12.1 Å². The zero-order chi connectivity index (χ0) is 24.3. The van der Waals surface area contributed by atoms with Gasteiger partial charge in [0.2, 0.25) is 0 Å². The molecule has 1 heterocycles. The highest BCUT2D eigenvalue weighted by Crippen LogP contribution is 2.32. The summed E-state index contributed by atoms with van der Waals surface area (Å²) in [6, 6.07) is 9.07. The van der Waals surface area contributed by atoms with Gasteiger partial charge in [0.25, 0.3) is 23.0 Å². The SMILES string of the molecule is Cc1cc(OCc2ccc(C(=O)Nc3cc([N+](=O)[O-])c(C)c([N+](=O)[O-])c3)o2)ccc1[N+](=O)[O-]. The number of nitro groups is 3. The van der Waals surface area contributed by atoms with Crippen molar-refractivity contribution < 1.29 is 28.7 Å². The Labute approximate surface area is 185 Å². The number of hydrogen-bond acceptors (Lipinski definition) is 9. The lowest BCUT2D eigenvalue weighted by Crippen LogP contribution is -2.12. The Morgan fingerprint density at radius 1 is 0.909 bits per heavy atom. The predicted octanol–water partition coefficient (Wildman–Crippen LogP) is 4.45. The molecule has 170 valence electrons. The molecule has 3 rings (SSSR count). The van der Waals surface area contributed by atoms with Crippen molar-refractivity contribution in [2.45, 2.75) is 20.5 Å². The van der Waals surface area contributed by atoms with Gasteiger partial charge >= 0.3 is 0 Å². The lowest BCUT2D eigenvalue weighted by atomic mass is 10.1. The molecule has 33 heavy (non-hydrogen) atoms. The third kappa shape index (κ3) is 5.10. The molecular weight excluding hydrogens is 440 g/mol. The summed E-state index contributed by atoms with van der Waals surface area (Å²) < 4.78 is 10.9. The number of nitrogens with one attached hydrogen (secondary N) is 1. The van der Waals surface area contributed by atoms with E-state index in [4.69, 9.17) is 9.15 Å². The van der Waals surface area contributed by atoms with E-state index in [1.807, 2.05) is 0 Å². The van der Waals surface area contributed by atoms with Crippen LogP contribution >= 0.6 is 0 Å². The first kappa shape index (κ1) is 22.9. The van der Waals surface area contributed by atoms with Crippen molar-refractivity contribution in [1.82, 2.24) is 0 Å². The second-order valence-electron chi connectivity index (χ2n) is 6.87. The van der Waals surface area contributed by atoms with Gasteiger partial charge in [-0.15, -0.1) is 0 Å². The van der Waals surface area contributed by atoms with E-state index in [0.29, 0.717) is 11.3 Å². The normalized spacial score (nSPS) is 10.5. The summed E-state index contributed by atoms with van der Waals surface area (Å²) in [6.07, 6.45) is 0. The largest absolute Gasteiger partial charge is 0.486 e. The second-order valence-corrected chi connectivity index (χ2v) is 6.87. The van der Waals surface area contributed by atoms with Crippen LogP contribution in [0.3, 0.4) is 0 Å². The monoisotopic (exact) mass is 456 g/mol. The van der Waals surface area contributed by atoms with Crippen molar-refractivity contribution in [3.63, 3.8) is 0 Å². The molecule has 2 aromatic carbocycles. The Bertz CT molecular complexity index is 1250. The van der Waals surface area contributed by atoms with Crippen LogP contribution in [0.25, 0.3) is 0 Å². The van der Waals surface area contributed by atoms with Crippen molar-refractivity contribution in [3.8, 4) is 5.75 Å². The number of ether oxygens (including phenoxy) is 1. The Balaban J connectivity index is 1.71. The van der Waals surface area contributed by atoms with E-state index in [9.17, 15) is 35.1 Å². The molecule has 13 nitrogen and oxygen atoms in total. The zero-order valence-corrected chi connectivity index (χ0v) is 17.3. The minimum absolute atomic E-state index is 0.0455. The fourth-order valence-electron chi connectivity index (χ4n) is 2.98. The van der Waals surface area contributed by atoms with Crippen molar-refractivity contribution in [1.29, 1.82) is 0 Å². The van der Waals surface area contributed by atoms with Gasteiger partial charge < -0.3 is 14.5 Å². The van der Waals surface area contributed by atoms with Crippen LogP contribution in [-0.2, 0) is 6.61 Å². The maximum Gasteiger partial charge on any atom is 0.291 e. The van der Waals surface area contributed by atoms with Crippen LogP contribution < -0.4 is 10.1 Å². The number of rotatable bonds is 8. The number of nitro benzene ring substituents is 3. The summed E-state index contributed by atoms with van der Waals surface area (Å²) in [5.41, 5.74) is -0.923. The predicted molar refractivity (Wildman–Crippen MR) is 113 cm³/mol. The van der Waals surface area contributed by atoms with Gasteiger partial charge in [0, 0.05) is 23.8 Å². The maximum absolute atomic E-state index is 12.4. The van der Waals surface area contributed by atoms with Gasteiger partial charge in [-0.2, -0.15) is 0 Å². The van der Waals surface area contributed by atoms with Gasteiger partial charge in [0.05, 0.1) is 20.5 Å². The summed E-state index contributed by atoms with van der Waals surface area (Å²) in [4.78, 5) is 43.6. The summed E-state index contributed by atoms with van der Waals surface area (Å²) in [7, 11) is 0. The highest BCUT2D eigenvalue weighted by Gasteiger charge is 2.24. The smallest absolute Gasteiger partial charge is 0.291 e. The first-order valence-electron chi connectivity index (χ1n) is 9.28. The molecule has 0 spiro atoms. The Morgan fingerprint density at radius 3 is 2.06 bits per heavy atom. The molecule has 13 heteroatoms. The highest BCUT2D eigenvalue weighted by atomic mass is 16.6. The molecule has 0 aliphatic rings.